The van der Waals surface area contributed by atoms with Crippen molar-refractivity contribution < 1.29 is 4.74 Å². The van der Waals surface area contributed by atoms with Crippen molar-refractivity contribution in [3.8, 4) is 0 Å². The summed E-state index contributed by atoms with van der Waals surface area (Å²) in [5, 5.41) is 7.80. The van der Waals surface area contributed by atoms with E-state index < -0.39 is 0 Å². The number of nitrogens with one attached hydrogen (secondary N) is 1. The molecule has 3 nitrogen and oxygen atoms in total. The molecule has 21 heavy (non-hydrogen) atoms. The molecule has 0 amide bonds. The van der Waals surface area contributed by atoms with Crippen LogP contribution in [-0.2, 0) is 15.7 Å². The summed E-state index contributed by atoms with van der Waals surface area (Å²) < 4.78 is 5.22. The second kappa shape index (κ2) is 6.99. The van der Waals surface area contributed by atoms with Gasteiger partial charge in [-0.15, -0.1) is 11.3 Å². The van der Waals surface area contributed by atoms with Crippen LogP contribution in [0.4, 0.5) is 0 Å². The Bertz CT molecular complexity index is 455. The lowest BCUT2D eigenvalue weighted by molar-refractivity contribution is 0.178. The number of ether oxygens (including phenoxy) is 1. The molecular weight excluding hydrogens is 300 g/mol. The largest absolute Gasteiger partial charge is 0.383 e. The highest BCUT2D eigenvalue weighted by atomic mass is 32.2. The number of thiazole rings is 1. The minimum absolute atomic E-state index is 0.00954. The Kier molecular flexibility index (Phi) is 5.74. The quantitative estimate of drug-likeness (QED) is 0.834. The van der Waals surface area contributed by atoms with Crippen molar-refractivity contribution in [1.82, 2.24) is 10.3 Å². The molecule has 1 aromatic rings. The van der Waals surface area contributed by atoms with Gasteiger partial charge in [-0.2, -0.15) is 11.8 Å². The highest BCUT2D eigenvalue weighted by molar-refractivity contribution is 8.00. The van der Waals surface area contributed by atoms with Crippen molar-refractivity contribution in [3.63, 3.8) is 0 Å². The van der Waals surface area contributed by atoms with Crippen molar-refractivity contribution in [2.24, 2.45) is 0 Å². The molecule has 0 radical (unpaired) electrons. The van der Waals surface area contributed by atoms with Crippen LogP contribution >= 0.6 is 23.1 Å². The SMILES string of the molecule is COCCNC1(c2nc(C(C)(C)C)cs2)CCCSC1C. The van der Waals surface area contributed by atoms with Gasteiger partial charge in [0.05, 0.1) is 17.8 Å². The number of hydrogen-bond donors (Lipinski definition) is 1. The Hall–Kier alpha value is -0.100. The van der Waals surface area contributed by atoms with E-state index in [0.717, 1.165) is 13.2 Å². The average Bonchev–Trinajstić information content (AvgIpc) is 2.91. The summed E-state index contributed by atoms with van der Waals surface area (Å²) in [5.41, 5.74) is 1.33. The van der Waals surface area contributed by atoms with Crippen LogP contribution in [-0.4, -0.2) is 36.2 Å². The van der Waals surface area contributed by atoms with Gasteiger partial charge in [-0.05, 0) is 18.6 Å². The average molecular weight is 329 g/mol. The molecule has 0 spiro atoms. The Morgan fingerprint density at radius 3 is 2.81 bits per heavy atom. The zero-order chi connectivity index (χ0) is 15.5. The van der Waals surface area contributed by atoms with Crippen LogP contribution in [0, 0.1) is 0 Å². The van der Waals surface area contributed by atoms with Crippen LogP contribution in [0.3, 0.4) is 0 Å². The third-order valence-electron chi connectivity index (χ3n) is 4.18. The Morgan fingerprint density at radius 2 is 2.24 bits per heavy atom. The Labute approximate surface area is 137 Å². The molecule has 120 valence electrons. The summed E-state index contributed by atoms with van der Waals surface area (Å²) in [4.78, 5) is 5.01. The maximum absolute atomic E-state index is 5.22. The molecular formula is C16H28N2OS2. The lowest BCUT2D eigenvalue weighted by Crippen LogP contribution is -2.52. The third-order valence-corrected chi connectivity index (χ3v) is 6.62. The Balaban J connectivity index is 2.28. The van der Waals surface area contributed by atoms with Crippen molar-refractivity contribution in [3.05, 3.63) is 16.1 Å². The topological polar surface area (TPSA) is 34.1 Å². The number of thioether (sulfide) groups is 1. The highest BCUT2D eigenvalue weighted by Gasteiger charge is 2.42. The van der Waals surface area contributed by atoms with Crippen LogP contribution < -0.4 is 5.32 Å². The molecule has 1 saturated heterocycles. The van der Waals surface area contributed by atoms with Gasteiger partial charge in [0.25, 0.3) is 0 Å². The molecule has 1 N–H and O–H groups in total. The van der Waals surface area contributed by atoms with E-state index in [2.05, 4.69) is 50.2 Å². The monoisotopic (exact) mass is 328 g/mol. The Morgan fingerprint density at radius 1 is 1.48 bits per heavy atom. The second-order valence-electron chi connectivity index (χ2n) is 6.80. The van der Waals surface area contributed by atoms with Gasteiger partial charge in [0.15, 0.2) is 0 Å². The predicted octanol–water partition coefficient (Wildman–Crippen LogP) is 3.79. The molecule has 2 rings (SSSR count). The van der Waals surface area contributed by atoms with Crippen molar-refractivity contribution in [2.45, 2.75) is 56.7 Å². The molecule has 1 fully saturated rings. The fraction of sp³-hybridized carbons (Fsp3) is 0.812. The van der Waals surface area contributed by atoms with E-state index in [0.29, 0.717) is 5.25 Å². The summed E-state index contributed by atoms with van der Waals surface area (Å²) in [5.74, 6) is 1.26. The maximum Gasteiger partial charge on any atom is 0.114 e. The molecule has 0 aliphatic carbocycles. The van der Waals surface area contributed by atoms with Gasteiger partial charge in [-0.25, -0.2) is 4.98 Å². The summed E-state index contributed by atoms with van der Waals surface area (Å²) in [6.07, 6.45) is 2.42. The number of methoxy groups -OCH3 is 1. The van der Waals surface area contributed by atoms with Crippen LogP contribution in [0.2, 0.25) is 0 Å². The number of hydrogen-bond acceptors (Lipinski definition) is 5. The molecule has 5 heteroatoms. The fourth-order valence-electron chi connectivity index (χ4n) is 2.74. The van der Waals surface area contributed by atoms with Gasteiger partial charge in [0.1, 0.15) is 5.01 Å². The van der Waals surface area contributed by atoms with Gasteiger partial charge in [0.2, 0.25) is 0 Å². The number of aromatic nitrogens is 1. The minimum atomic E-state index is 0.00954. The molecule has 1 aliphatic rings. The predicted molar refractivity (Wildman–Crippen MR) is 93.5 cm³/mol. The third kappa shape index (κ3) is 3.81. The van der Waals surface area contributed by atoms with E-state index >= 15 is 0 Å². The van der Waals surface area contributed by atoms with Gasteiger partial charge >= 0.3 is 0 Å². The minimum Gasteiger partial charge on any atom is -0.383 e. The smallest absolute Gasteiger partial charge is 0.114 e. The van der Waals surface area contributed by atoms with E-state index in [1.54, 1.807) is 7.11 Å². The first-order valence-corrected chi connectivity index (χ1v) is 9.65. The van der Waals surface area contributed by atoms with E-state index in [4.69, 9.17) is 9.72 Å². The first-order valence-electron chi connectivity index (χ1n) is 7.72. The highest BCUT2D eigenvalue weighted by Crippen LogP contribution is 2.43. The molecule has 2 atom stereocenters. The zero-order valence-electron chi connectivity index (χ0n) is 13.9. The lowest BCUT2D eigenvalue weighted by Gasteiger charge is -2.41. The second-order valence-corrected chi connectivity index (χ2v) is 9.10. The van der Waals surface area contributed by atoms with Gasteiger partial charge in [-0.1, -0.05) is 27.7 Å². The number of nitrogens with zero attached hydrogens (tertiary/aromatic N) is 1. The van der Waals surface area contributed by atoms with E-state index in [1.165, 1.54) is 29.3 Å². The molecule has 0 bridgehead atoms. The molecule has 2 unspecified atom stereocenters. The molecule has 2 heterocycles. The fourth-order valence-corrected chi connectivity index (χ4v) is 5.42. The summed E-state index contributed by atoms with van der Waals surface area (Å²) in [6.45, 7) is 10.7. The normalized spacial score (nSPS) is 27.0. The van der Waals surface area contributed by atoms with Gasteiger partial charge < -0.3 is 10.1 Å². The van der Waals surface area contributed by atoms with Crippen molar-refractivity contribution >= 4 is 23.1 Å². The van der Waals surface area contributed by atoms with E-state index in [-0.39, 0.29) is 11.0 Å². The lowest BCUT2D eigenvalue weighted by atomic mass is 9.89. The van der Waals surface area contributed by atoms with E-state index in [9.17, 15) is 0 Å². The van der Waals surface area contributed by atoms with Crippen LogP contribution in [0.25, 0.3) is 0 Å². The molecule has 0 aromatic carbocycles. The standard InChI is InChI=1S/C16H28N2OS2/c1-12-16(7-6-10-20-12,17-8-9-19-5)14-18-13(11-21-14)15(2,3)4/h11-12,17H,6-10H2,1-5H3. The van der Waals surface area contributed by atoms with Crippen LogP contribution in [0.1, 0.15) is 51.2 Å². The number of rotatable bonds is 5. The maximum atomic E-state index is 5.22. The molecule has 1 aliphatic heterocycles. The van der Waals surface area contributed by atoms with Crippen molar-refractivity contribution in [2.75, 3.05) is 26.0 Å². The van der Waals surface area contributed by atoms with Crippen LogP contribution in [0.15, 0.2) is 5.38 Å². The molecule has 0 saturated carbocycles. The molecule has 1 aromatic heterocycles. The van der Waals surface area contributed by atoms with E-state index in [1.807, 2.05) is 11.3 Å². The summed E-state index contributed by atoms with van der Waals surface area (Å²) in [7, 11) is 1.76. The summed E-state index contributed by atoms with van der Waals surface area (Å²) in [6, 6.07) is 0. The first kappa shape index (κ1) is 17.3. The van der Waals surface area contributed by atoms with Crippen molar-refractivity contribution in [1.29, 1.82) is 0 Å². The zero-order valence-corrected chi connectivity index (χ0v) is 15.5. The van der Waals surface area contributed by atoms with Gasteiger partial charge in [0, 0.05) is 29.7 Å². The van der Waals surface area contributed by atoms with Gasteiger partial charge in [-0.3, -0.25) is 0 Å². The summed E-state index contributed by atoms with van der Waals surface area (Å²) >= 11 is 3.87. The van der Waals surface area contributed by atoms with Crippen LogP contribution in [0.5, 0.6) is 0 Å². The first-order chi connectivity index (χ1) is 9.90.